The molecule has 0 aromatic heterocycles. The van der Waals surface area contributed by atoms with Crippen LogP contribution in [0.5, 0.6) is 0 Å². The fraction of sp³-hybridized carbons (Fsp3) is 0.630. The second kappa shape index (κ2) is 10.2. The summed E-state index contributed by atoms with van der Waals surface area (Å²) in [6.07, 6.45) is 15.5. The van der Waals surface area contributed by atoms with Crippen molar-refractivity contribution in [3.63, 3.8) is 0 Å². The van der Waals surface area contributed by atoms with Crippen molar-refractivity contribution in [2.45, 2.75) is 84.0 Å². The molecule has 0 heterocycles. The summed E-state index contributed by atoms with van der Waals surface area (Å²) in [5, 5.41) is 0. The second-order valence-electron chi connectivity index (χ2n) is 8.94. The predicted molar refractivity (Wildman–Crippen MR) is 118 cm³/mol. The quantitative estimate of drug-likeness (QED) is 0.371. The van der Waals surface area contributed by atoms with E-state index in [0.717, 1.165) is 23.7 Å². The highest BCUT2D eigenvalue weighted by Gasteiger charge is 2.26. The maximum absolute atomic E-state index is 4.04. The van der Waals surface area contributed by atoms with Crippen LogP contribution in [0.3, 0.4) is 0 Å². The van der Waals surface area contributed by atoms with Crippen LogP contribution in [-0.2, 0) is 0 Å². The highest BCUT2D eigenvalue weighted by atomic mass is 14.3. The van der Waals surface area contributed by atoms with Crippen molar-refractivity contribution < 1.29 is 0 Å². The molecular weight excluding hydrogens is 324 g/mol. The molecular formula is C27H38. The zero-order chi connectivity index (χ0) is 19.1. The summed E-state index contributed by atoms with van der Waals surface area (Å²) in [6, 6.07) is 9.19. The van der Waals surface area contributed by atoms with Crippen LogP contribution >= 0.6 is 0 Å². The van der Waals surface area contributed by atoms with Crippen molar-refractivity contribution in [3.05, 3.63) is 48.0 Å². The van der Waals surface area contributed by atoms with E-state index in [1.165, 1.54) is 75.3 Å². The van der Waals surface area contributed by atoms with E-state index in [1.54, 1.807) is 0 Å². The molecule has 2 saturated carbocycles. The largest absolute Gasteiger partial charge is 0.103 e. The third kappa shape index (κ3) is 5.51. The molecule has 0 bridgehead atoms. The van der Waals surface area contributed by atoms with Gasteiger partial charge >= 0.3 is 0 Å². The van der Waals surface area contributed by atoms with Crippen LogP contribution in [0.4, 0.5) is 0 Å². The lowest BCUT2D eigenvalue weighted by atomic mass is 9.73. The molecule has 2 aliphatic rings. The molecule has 0 radical (unpaired) electrons. The predicted octanol–water partition coefficient (Wildman–Crippen LogP) is 7.74. The Kier molecular flexibility index (Phi) is 7.63. The van der Waals surface area contributed by atoms with Gasteiger partial charge in [0.15, 0.2) is 0 Å². The highest BCUT2D eigenvalue weighted by Crippen LogP contribution is 2.40. The fourth-order valence-corrected chi connectivity index (χ4v) is 5.31. The molecule has 0 spiro atoms. The molecule has 27 heavy (non-hydrogen) atoms. The minimum absolute atomic E-state index is 0.624. The lowest BCUT2D eigenvalue weighted by Crippen LogP contribution is -2.19. The maximum atomic E-state index is 4.04. The number of benzene rings is 1. The van der Waals surface area contributed by atoms with Gasteiger partial charge in [-0.15, -0.1) is 6.58 Å². The summed E-state index contributed by atoms with van der Waals surface area (Å²) < 4.78 is 0. The van der Waals surface area contributed by atoms with Crippen molar-refractivity contribution in [2.24, 2.45) is 23.7 Å². The maximum Gasteiger partial charge on any atom is 0.0245 e. The summed E-state index contributed by atoms with van der Waals surface area (Å²) in [7, 11) is 0. The summed E-state index contributed by atoms with van der Waals surface area (Å²) >= 11 is 0. The van der Waals surface area contributed by atoms with E-state index in [2.05, 4.69) is 62.6 Å². The molecule has 146 valence electrons. The molecule has 0 N–H and O–H groups in total. The average Bonchev–Trinajstić information content (AvgIpc) is 2.74. The number of hydrogen-bond donors (Lipinski definition) is 0. The van der Waals surface area contributed by atoms with E-state index >= 15 is 0 Å². The van der Waals surface area contributed by atoms with Crippen LogP contribution in [0.25, 0.3) is 0 Å². The zero-order valence-electron chi connectivity index (χ0n) is 17.6. The Labute approximate surface area is 167 Å². The number of hydrogen-bond acceptors (Lipinski definition) is 0. The van der Waals surface area contributed by atoms with E-state index in [1.807, 2.05) is 0 Å². The Morgan fingerprint density at radius 2 is 1.63 bits per heavy atom. The van der Waals surface area contributed by atoms with Crippen molar-refractivity contribution in [2.75, 3.05) is 0 Å². The molecule has 2 aliphatic carbocycles. The molecule has 0 heteroatoms. The monoisotopic (exact) mass is 362 g/mol. The first kappa shape index (κ1) is 20.3. The van der Waals surface area contributed by atoms with E-state index in [-0.39, 0.29) is 0 Å². The Balaban J connectivity index is 1.51. The van der Waals surface area contributed by atoms with Crippen LogP contribution in [0.15, 0.2) is 36.9 Å². The van der Waals surface area contributed by atoms with Gasteiger partial charge in [-0.1, -0.05) is 50.3 Å². The fourth-order valence-electron chi connectivity index (χ4n) is 5.31. The molecule has 2 fully saturated rings. The standard InChI is InChI=1S/C27H38/c1-4-21-7-9-22(10-8-21)11-12-23-13-15-26(16-14-23)27-19-17-25(18-20-27)24(5-2)6-3/h5,13-16,21-22,24-25,27H,2,4,6-10,17-20H2,1,3H3. The normalized spacial score (nSPS) is 29.4. The number of allylic oxidation sites excluding steroid dienone is 1. The van der Waals surface area contributed by atoms with Crippen molar-refractivity contribution in [1.29, 1.82) is 0 Å². The molecule has 3 rings (SSSR count). The van der Waals surface area contributed by atoms with Gasteiger partial charge in [-0.3, -0.25) is 0 Å². The molecule has 0 saturated heterocycles. The second-order valence-corrected chi connectivity index (χ2v) is 8.94. The minimum Gasteiger partial charge on any atom is -0.103 e. The van der Waals surface area contributed by atoms with Crippen LogP contribution in [0.2, 0.25) is 0 Å². The molecule has 0 aliphatic heterocycles. The summed E-state index contributed by atoms with van der Waals surface area (Å²) in [5.74, 6) is 10.9. The molecule has 1 aromatic rings. The first-order chi connectivity index (χ1) is 13.2. The first-order valence-electron chi connectivity index (χ1n) is 11.5. The van der Waals surface area contributed by atoms with E-state index in [4.69, 9.17) is 0 Å². The molecule has 1 atom stereocenters. The summed E-state index contributed by atoms with van der Waals surface area (Å²) in [4.78, 5) is 0. The summed E-state index contributed by atoms with van der Waals surface area (Å²) in [5.41, 5.74) is 2.72. The third-order valence-corrected chi connectivity index (χ3v) is 7.38. The van der Waals surface area contributed by atoms with E-state index in [0.29, 0.717) is 5.92 Å². The van der Waals surface area contributed by atoms with Crippen LogP contribution in [0, 0.1) is 35.5 Å². The van der Waals surface area contributed by atoms with Gasteiger partial charge in [-0.2, -0.15) is 0 Å². The smallest absolute Gasteiger partial charge is 0.0245 e. The van der Waals surface area contributed by atoms with Crippen molar-refractivity contribution in [1.82, 2.24) is 0 Å². The van der Waals surface area contributed by atoms with E-state index in [9.17, 15) is 0 Å². The molecule has 1 unspecified atom stereocenters. The zero-order valence-corrected chi connectivity index (χ0v) is 17.6. The van der Waals surface area contributed by atoms with Crippen molar-refractivity contribution >= 4 is 0 Å². The highest BCUT2D eigenvalue weighted by molar-refractivity contribution is 5.37. The van der Waals surface area contributed by atoms with Gasteiger partial charge in [-0.25, -0.2) is 0 Å². The Morgan fingerprint density at radius 3 is 2.19 bits per heavy atom. The van der Waals surface area contributed by atoms with Gasteiger partial charge in [-0.05, 0) is 99.2 Å². The topological polar surface area (TPSA) is 0 Å². The SMILES string of the molecule is C=CC(CC)C1CCC(c2ccc(C#CC3CCC(CC)CC3)cc2)CC1. The van der Waals surface area contributed by atoms with Crippen molar-refractivity contribution in [3.8, 4) is 11.8 Å². The molecule has 0 nitrogen and oxygen atoms in total. The molecule has 1 aromatic carbocycles. The number of rotatable bonds is 5. The van der Waals surface area contributed by atoms with Gasteiger partial charge in [0.25, 0.3) is 0 Å². The Morgan fingerprint density at radius 1 is 0.963 bits per heavy atom. The van der Waals surface area contributed by atoms with Gasteiger partial charge in [0.1, 0.15) is 0 Å². The van der Waals surface area contributed by atoms with Gasteiger partial charge in [0, 0.05) is 11.5 Å². The third-order valence-electron chi connectivity index (χ3n) is 7.38. The lowest BCUT2D eigenvalue weighted by Gasteiger charge is -2.32. The van der Waals surface area contributed by atoms with Crippen LogP contribution in [0.1, 0.15) is 95.1 Å². The minimum atomic E-state index is 0.624. The first-order valence-corrected chi connectivity index (χ1v) is 11.5. The molecule has 0 amide bonds. The van der Waals surface area contributed by atoms with Gasteiger partial charge in [0.2, 0.25) is 0 Å². The van der Waals surface area contributed by atoms with Crippen LogP contribution in [-0.4, -0.2) is 0 Å². The summed E-state index contributed by atoms with van der Waals surface area (Å²) in [6.45, 7) is 8.67. The Hall–Kier alpha value is -1.48. The average molecular weight is 363 g/mol. The van der Waals surface area contributed by atoms with Crippen LogP contribution < -0.4 is 0 Å². The Bertz CT molecular complexity index is 625. The van der Waals surface area contributed by atoms with Gasteiger partial charge in [0.05, 0.1) is 0 Å². The van der Waals surface area contributed by atoms with Gasteiger partial charge < -0.3 is 0 Å². The lowest BCUT2D eigenvalue weighted by molar-refractivity contribution is 0.261. The van der Waals surface area contributed by atoms with E-state index < -0.39 is 0 Å².